The van der Waals surface area contributed by atoms with Gasteiger partial charge in [-0.3, -0.25) is 0 Å². The van der Waals surface area contributed by atoms with Gasteiger partial charge in [-0.1, -0.05) is 260 Å². The Bertz CT molecular complexity index is 1480. The molecule has 10 nitrogen and oxygen atoms in total. The highest BCUT2D eigenvalue weighted by atomic mass is 28.4. The van der Waals surface area contributed by atoms with Crippen molar-refractivity contribution in [2.24, 2.45) is 0 Å². The molecule has 2 heterocycles. The first-order valence-electron chi connectivity index (χ1n) is 30.8. The molecule has 432 valence electrons. The van der Waals surface area contributed by atoms with Crippen molar-refractivity contribution in [3.63, 3.8) is 0 Å². The number of aromatic nitrogens is 2. The smallest absolute Gasteiger partial charge is 0.216 e. The van der Waals surface area contributed by atoms with E-state index in [1.165, 1.54) is 193 Å². The predicted molar refractivity (Wildman–Crippen MR) is 315 cm³/mol. The van der Waals surface area contributed by atoms with E-state index < -0.39 is 14.4 Å². The second-order valence-corrected chi connectivity index (χ2v) is 27.5. The van der Waals surface area contributed by atoms with Gasteiger partial charge in [0, 0.05) is 37.5 Å². The van der Waals surface area contributed by atoms with Crippen molar-refractivity contribution in [1.29, 1.82) is 0 Å². The van der Waals surface area contributed by atoms with Crippen LogP contribution >= 0.6 is 0 Å². The normalized spacial score (nSPS) is 12.6. The fraction of sp³-hybridized carbons (Fsp3) is 0.841. The number of methoxy groups -OCH3 is 2. The molecule has 11 heteroatoms. The summed E-state index contributed by atoms with van der Waals surface area (Å²) in [5.74, 6) is 2.04. The lowest BCUT2D eigenvalue weighted by atomic mass is 10.0. The lowest BCUT2D eigenvalue weighted by Gasteiger charge is -2.42. The van der Waals surface area contributed by atoms with Crippen molar-refractivity contribution in [3.05, 3.63) is 36.4 Å². The fourth-order valence-corrected chi connectivity index (χ4v) is 15.9. The number of rotatable bonds is 51. The van der Waals surface area contributed by atoms with E-state index in [2.05, 4.69) is 65.4 Å². The number of ether oxygens (including phenoxy) is 6. The van der Waals surface area contributed by atoms with Gasteiger partial charge in [0.1, 0.15) is 12.2 Å². The maximum atomic E-state index is 9.49. The highest BCUT2D eigenvalue weighted by molar-refractivity contribution is 6.77. The molecular formula is C63H118N2O8Si. The minimum Gasteiger partial charge on any atom is -0.481 e. The van der Waals surface area contributed by atoms with Crippen LogP contribution in [0.4, 0.5) is 0 Å². The van der Waals surface area contributed by atoms with Crippen LogP contribution in [0.25, 0.3) is 0 Å². The van der Waals surface area contributed by atoms with E-state index in [4.69, 9.17) is 32.8 Å². The maximum absolute atomic E-state index is 9.49. The highest BCUT2D eigenvalue weighted by Gasteiger charge is 2.45. The zero-order valence-electron chi connectivity index (χ0n) is 49.9. The van der Waals surface area contributed by atoms with Crippen LogP contribution in [0.1, 0.15) is 261 Å². The Balaban J connectivity index is 0.000000768. The minimum absolute atomic E-state index is 0.0994. The summed E-state index contributed by atoms with van der Waals surface area (Å²) in [7, 11) is 1.19. The molecule has 0 aromatic carbocycles. The first-order chi connectivity index (χ1) is 36.1. The van der Waals surface area contributed by atoms with Gasteiger partial charge in [-0.05, 0) is 29.5 Å². The molecule has 2 atom stereocenters. The second kappa shape index (κ2) is 48.9. The molecular weight excluding hydrogens is 941 g/mol. The molecule has 74 heavy (non-hydrogen) atoms. The predicted octanol–water partition coefficient (Wildman–Crippen LogP) is 18.4. The standard InChI is InChI=1S/C36H69NO4Si.C27H49NO4/c1-9-10-11-12-13-14-15-16-17-18-19-20-21-22-23-24-28-39-29-34(41-36-27-25-26-35(37-36)38-8)30-40-42(31(2)3,32(4)5)33(6)7;1-3-4-5-6-7-8-9-10-11-12-13-14-15-16-17-18-22-31-24-25(23-29)32-27-21-19-20-26(28-27)30-2/h25-27,31-34H,9-24,28-30H2,1-8H3;19-21,25,29H,3-18,22-24H2,1-2H3/t34-;25-/m10/s1. The zero-order valence-corrected chi connectivity index (χ0v) is 50.9. The van der Waals surface area contributed by atoms with Crippen LogP contribution in [0.15, 0.2) is 36.4 Å². The van der Waals surface area contributed by atoms with Crippen LogP contribution in [0.3, 0.4) is 0 Å². The number of hydrogen-bond acceptors (Lipinski definition) is 10. The van der Waals surface area contributed by atoms with E-state index in [-0.39, 0.29) is 12.7 Å². The molecule has 0 spiro atoms. The van der Waals surface area contributed by atoms with Crippen molar-refractivity contribution in [2.75, 3.05) is 53.9 Å². The molecule has 0 aliphatic carbocycles. The Morgan fingerprint density at radius 1 is 0.392 bits per heavy atom. The largest absolute Gasteiger partial charge is 0.481 e. The zero-order chi connectivity index (χ0) is 54.2. The van der Waals surface area contributed by atoms with E-state index in [1.807, 2.05) is 24.3 Å². The summed E-state index contributed by atoms with van der Waals surface area (Å²) >= 11 is 0. The molecule has 0 fully saturated rings. The number of unbranched alkanes of at least 4 members (excludes halogenated alkanes) is 30. The third kappa shape index (κ3) is 35.8. The average molecular weight is 1060 g/mol. The monoisotopic (exact) mass is 1060 g/mol. The number of nitrogens with zero attached hydrogens (tertiary/aromatic N) is 2. The van der Waals surface area contributed by atoms with Gasteiger partial charge in [-0.2, -0.15) is 9.97 Å². The van der Waals surface area contributed by atoms with Crippen molar-refractivity contribution in [2.45, 2.75) is 290 Å². The van der Waals surface area contributed by atoms with Crippen molar-refractivity contribution < 1.29 is 38.0 Å². The highest BCUT2D eigenvalue weighted by Crippen LogP contribution is 2.42. The molecule has 1 N–H and O–H groups in total. The lowest BCUT2D eigenvalue weighted by molar-refractivity contribution is 0.0165. The summed E-state index contributed by atoms with van der Waals surface area (Å²) in [5, 5.41) is 9.49. The van der Waals surface area contributed by atoms with Gasteiger partial charge in [-0.15, -0.1) is 0 Å². The summed E-state index contributed by atoms with van der Waals surface area (Å²) in [6.07, 6.45) is 43.3. The Morgan fingerprint density at radius 2 is 0.676 bits per heavy atom. The summed E-state index contributed by atoms with van der Waals surface area (Å²) in [6, 6.07) is 10.9. The first kappa shape index (κ1) is 69.6. The molecule has 2 rings (SSSR count). The van der Waals surface area contributed by atoms with E-state index in [1.54, 1.807) is 26.4 Å². The molecule has 0 unspecified atom stereocenters. The quantitative estimate of drug-likeness (QED) is 0.0508. The van der Waals surface area contributed by atoms with Gasteiger partial charge in [0.25, 0.3) is 0 Å². The lowest BCUT2D eigenvalue weighted by Crippen LogP contribution is -2.50. The SMILES string of the molecule is CCCCCCCCCCCCCCCCCCOC[C@H](CO)Oc1cccc(OC)n1.CCCCCCCCCCCCCCCCCCOC[C@H](CO[Si](C(C)C)(C(C)C)C(C)C)Oc1cccc(OC)n1. The van der Waals surface area contributed by atoms with Crippen LogP contribution in [-0.4, -0.2) is 89.5 Å². The molecule has 0 saturated heterocycles. The van der Waals surface area contributed by atoms with Crippen LogP contribution in [0.5, 0.6) is 23.5 Å². The average Bonchev–Trinajstić information content (AvgIpc) is 3.39. The Hall–Kier alpha value is -2.44. The van der Waals surface area contributed by atoms with Gasteiger partial charge in [0.05, 0.1) is 40.6 Å². The van der Waals surface area contributed by atoms with Gasteiger partial charge < -0.3 is 38.0 Å². The topological polar surface area (TPSA) is 111 Å². The molecule has 0 radical (unpaired) electrons. The molecule has 2 aromatic heterocycles. The van der Waals surface area contributed by atoms with E-state index >= 15 is 0 Å². The minimum atomic E-state index is -2.00. The van der Waals surface area contributed by atoms with Crippen LogP contribution in [-0.2, 0) is 13.9 Å². The molecule has 0 aliphatic rings. The molecule has 0 amide bonds. The Labute approximate surface area is 457 Å². The third-order valence-corrected chi connectivity index (χ3v) is 20.8. The molecule has 0 saturated carbocycles. The van der Waals surface area contributed by atoms with Crippen molar-refractivity contribution in [3.8, 4) is 23.5 Å². The number of hydrogen-bond donors (Lipinski definition) is 1. The molecule has 0 bridgehead atoms. The summed E-state index contributed by atoms with van der Waals surface area (Å²) < 4.78 is 41.1. The van der Waals surface area contributed by atoms with Gasteiger partial charge in [0.15, 0.2) is 0 Å². The van der Waals surface area contributed by atoms with Crippen molar-refractivity contribution in [1.82, 2.24) is 9.97 Å². The summed E-state index contributed by atoms with van der Waals surface area (Å²) in [5.41, 5.74) is 1.58. The number of aliphatic hydroxyl groups is 1. The van der Waals surface area contributed by atoms with Crippen LogP contribution in [0, 0.1) is 0 Å². The van der Waals surface area contributed by atoms with E-state index in [0.29, 0.717) is 66.6 Å². The molecule has 2 aromatic rings. The van der Waals surface area contributed by atoms with E-state index in [0.717, 1.165) is 19.4 Å². The van der Waals surface area contributed by atoms with Gasteiger partial charge in [-0.25, -0.2) is 0 Å². The summed E-state index contributed by atoms with van der Waals surface area (Å²) in [6.45, 7) is 21.3. The Morgan fingerprint density at radius 3 is 0.973 bits per heavy atom. The summed E-state index contributed by atoms with van der Waals surface area (Å²) in [4.78, 5) is 8.66. The Kier molecular flexibility index (Phi) is 46.0. The van der Waals surface area contributed by atoms with Gasteiger partial charge in [0.2, 0.25) is 31.8 Å². The first-order valence-corrected chi connectivity index (χ1v) is 33.0. The van der Waals surface area contributed by atoms with Gasteiger partial charge >= 0.3 is 0 Å². The second-order valence-electron chi connectivity index (χ2n) is 22.1. The van der Waals surface area contributed by atoms with E-state index in [9.17, 15) is 5.11 Å². The van der Waals surface area contributed by atoms with Crippen LogP contribution in [0.2, 0.25) is 16.6 Å². The number of aliphatic hydroxyl groups excluding tert-OH is 1. The third-order valence-electron chi connectivity index (χ3n) is 14.7. The number of pyridine rings is 2. The maximum Gasteiger partial charge on any atom is 0.216 e. The molecule has 0 aliphatic heterocycles. The fourth-order valence-electron chi connectivity index (χ4n) is 10.4. The van der Waals surface area contributed by atoms with Crippen LogP contribution < -0.4 is 18.9 Å². The van der Waals surface area contributed by atoms with Crippen molar-refractivity contribution >= 4 is 8.32 Å².